The number of alkyl halides is 3. The molecule has 8 heteroatoms. The van der Waals surface area contributed by atoms with E-state index >= 15 is 0 Å². The van der Waals surface area contributed by atoms with Crippen molar-refractivity contribution in [1.29, 1.82) is 0 Å². The SMILES string of the molecule is O=C(C[C@H]1COCCN1)N1CCC(O)(c2cccc(C(F)(F)F)c2)CC1. The van der Waals surface area contributed by atoms with Crippen LogP contribution >= 0.6 is 0 Å². The molecule has 2 saturated heterocycles. The second-order valence-corrected chi connectivity index (χ2v) is 6.92. The quantitative estimate of drug-likeness (QED) is 0.851. The van der Waals surface area contributed by atoms with Crippen LogP contribution in [0.3, 0.4) is 0 Å². The zero-order chi connectivity index (χ0) is 18.8. The summed E-state index contributed by atoms with van der Waals surface area (Å²) in [5.74, 6) is -0.0286. The van der Waals surface area contributed by atoms with Gasteiger partial charge in [0.2, 0.25) is 5.91 Å². The Kier molecular flexibility index (Phi) is 5.55. The first-order valence-electron chi connectivity index (χ1n) is 8.77. The molecule has 26 heavy (non-hydrogen) atoms. The molecule has 3 rings (SSSR count). The predicted molar refractivity (Wildman–Crippen MR) is 88.4 cm³/mol. The third-order valence-electron chi connectivity index (χ3n) is 5.09. The molecule has 0 bridgehead atoms. The Morgan fingerprint density at radius 1 is 1.35 bits per heavy atom. The number of nitrogens with zero attached hydrogens (tertiary/aromatic N) is 1. The minimum absolute atomic E-state index is 0.0134. The lowest BCUT2D eigenvalue weighted by Gasteiger charge is -2.39. The molecule has 2 heterocycles. The third-order valence-corrected chi connectivity index (χ3v) is 5.09. The van der Waals surface area contributed by atoms with Gasteiger partial charge in [-0.3, -0.25) is 4.79 Å². The molecule has 2 aliphatic heterocycles. The van der Waals surface area contributed by atoms with E-state index in [0.29, 0.717) is 39.3 Å². The van der Waals surface area contributed by atoms with Crippen LogP contribution in [0, 0.1) is 0 Å². The molecule has 0 aromatic heterocycles. The highest BCUT2D eigenvalue weighted by Crippen LogP contribution is 2.36. The van der Waals surface area contributed by atoms with Crippen LogP contribution < -0.4 is 5.32 Å². The zero-order valence-electron chi connectivity index (χ0n) is 14.4. The monoisotopic (exact) mass is 372 g/mol. The molecule has 5 nitrogen and oxygen atoms in total. The number of nitrogens with one attached hydrogen (secondary N) is 1. The summed E-state index contributed by atoms with van der Waals surface area (Å²) in [4.78, 5) is 14.1. The molecule has 1 aromatic carbocycles. The Balaban J connectivity index is 1.61. The number of ether oxygens (including phenoxy) is 1. The number of likely N-dealkylation sites (tertiary alicyclic amines) is 1. The number of halogens is 3. The van der Waals surface area contributed by atoms with Gasteiger partial charge < -0.3 is 20.1 Å². The Bertz CT molecular complexity index is 637. The van der Waals surface area contributed by atoms with Gasteiger partial charge in [0.05, 0.1) is 24.4 Å². The van der Waals surface area contributed by atoms with Crippen LogP contribution in [0.15, 0.2) is 24.3 Å². The maximum atomic E-state index is 12.9. The normalized spacial score (nSPS) is 23.7. The Hall–Kier alpha value is -1.64. The number of hydrogen-bond donors (Lipinski definition) is 2. The fraction of sp³-hybridized carbons (Fsp3) is 0.611. The fourth-order valence-corrected chi connectivity index (χ4v) is 3.49. The van der Waals surface area contributed by atoms with Crippen molar-refractivity contribution in [3.05, 3.63) is 35.4 Å². The van der Waals surface area contributed by atoms with Crippen LogP contribution in [0.1, 0.15) is 30.4 Å². The van der Waals surface area contributed by atoms with Gasteiger partial charge in [0.1, 0.15) is 0 Å². The molecule has 144 valence electrons. The molecule has 2 N–H and O–H groups in total. The number of carbonyl (C=O) groups is 1. The van der Waals surface area contributed by atoms with Gasteiger partial charge in [0.25, 0.3) is 0 Å². The van der Waals surface area contributed by atoms with Gasteiger partial charge in [-0.15, -0.1) is 0 Å². The summed E-state index contributed by atoms with van der Waals surface area (Å²) in [7, 11) is 0. The Labute approximate surface area is 150 Å². The van der Waals surface area contributed by atoms with Crippen LogP contribution in [-0.4, -0.2) is 54.8 Å². The standard InChI is InChI=1S/C18H23F3N2O3/c19-18(20,21)14-3-1-2-13(10-14)17(25)4-7-23(8-5-17)16(24)11-15-12-26-9-6-22-15/h1-3,10,15,22,25H,4-9,11-12H2/t15-/m0/s1. The Morgan fingerprint density at radius 2 is 2.08 bits per heavy atom. The number of morpholine rings is 1. The highest BCUT2D eigenvalue weighted by atomic mass is 19.4. The molecular formula is C18H23F3N2O3. The van der Waals surface area contributed by atoms with Crippen LogP contribution in [0.4, 0.5) is 13.2 Å². The summed E-state index contributed by atoms with van der Waals surface area (Å²) >= 11 is 0. The first kappa shape index (κ1) is 19.1. The molecule has 1 atom stereocenters. The van der Waals surface area contributed by atoms with Crippen molar-refractivity contribution >= 4 is 5.91 Å². The third kappa shape index (κ3) is 4.36. The number of rotatable bonds is 3. The lowest BCUT2D eigenvalue weighted by molar-refractivity contribution is -0.137. The largest absolute Gasteiger partial charge is 0.416 e. The van der Waals surface area contributed by atoms with Crippen molar-refractivity contribution in [1.82, 2.24) is 10.2 Å². The molecule has 0 aliphatic carbocycles. The number of piperidine rings is 1. The zero-order valence-corrected chi connectivity index (χ0v) is 14.4. The number of benzene rings is 1. The van der Waals surface area contributed by atoms with E-state index in [0.717, 1.165) is 12.1 Å². The summed E-state index contributed by atoms with van der Waals surface area (Å²) in [5.41, 5.74) is -1.86. The average Bonchev–Trinajstić information content (AvgIpc) is 2.62. The summed E-state index contributed by atoms with van der Waals surface area (Å²) in [6.07, 6.45) is -3.69. The van der Waals surface area contributed by atoms with Gasteiger partial charge in [0, 0.05) is 32.1 Å². The van der Waals surface area contributed by atoms with Crippen molar-refractivity contribution < 1.29 is 27.8 Å². The van der Waals surface area contributed by atoms with Crippen molar-refractivity contribution in [3.8, 4) is 0 Å². The fourth-order valence-electron chi connectivity index (χ4n) is 3.49. The van der Waals surface area contributed by atoms with Crippen molar-refractivity contribution in [3.63, 3.8) is 0 Å². The molecule has 2 aliphatic rings. The molecule has 0 unspecified atom stereocenters. The molecule has 1 aromatic rings. The van der Waals surface area contributed by atoms with E-state index in [4.69, 9.17) is 4.74 Å². The average molecular weight is 372 g/mol. The van der Waals surface area contributed by atoms with Gasteiger partial charge in [0.15, 0.2) is 0 Å². The van der Waals surface area contributed by atoms with Gasteiger partial charge in [-0.2, -0.15) is 13.2 Å². The minimum atomic E-state index is -4.45. The van der Waals surface area contributed by atoms with E-state index in [1.807, 2.05) is 0 Å². The lowest BCUT2D eigenvalue weighted by atomic mass is 9.83. The molecule has 0 spiro atoms. The number of aliphatic hydroxyl groups is 1. The maximum Gasteiger partial charge on any atom is 0.416 e. The van der Waals surface area contributed by atoms with Gasteiger partial charge >= 0.3 is 6.18 Å². The van der Waals surface area contributed by atoms with Crippen molar-refractivity contribution in [2.45, 2.75) is 37.1 Å². The van der Waals surface area contributed by atoms with Crippen molar-refractivity contribution in [2.75, 3.05) is 32.8 Å². The molecular weight excluding hydrogens is 349 g/mol. The minimum Gasteiger partial charge on any atom is -0.385 e. The summed E-state index contributed by atoms with van der Waals surface area (Å²) < 4.78 is 44.0. The van der Waals surface area contributed by atoms with Crippen LogP contribution in [0.2, 0.25) is 0 Å². The summed E-state index contributed by atoms with van der Waals surface area (Å²) in [6, 6.07) is 4.80. The van der Waals surface area contributed by atoms with Gasteiger partial charge in [-0.05, 0) is 30.5 Å². The van der Waals surface area contributed by atoms with Crippen LogP contribution in [-0.2, 0) is 21.3 Å². The molecule has 0 saturated carbocycles. The first-order chi connectivity index (χ1) is 12.3. The van der Waals surface area contributed by atoms with Gasteiger partial charge in [-0.25, -0.2) is 0 Å². The maximum absolute atomic E-state index is 12.9. The number of amides is 1. The van der Waals surface area contributed by atoms with Gasteiger partial charge in [-0.1, -0.05) is 12.1 Å². The second-order valence-electron chi connectivity index (χ2n) is 6.92. The number of carbonyl (C=O) groups excluding carboxylic acids is 1. The summed E-state index contributed by atoms with van der Waals surface area (Å²) in [5, 5.41) is 14.0. The summed E-state index contributed by atoms with van der Waals surface area (Å²) in [6.45, 7) is 2.48. The molecule has 1 amide bonds. The topological polar surface area (TPSA) is 61.8 Å². The van der Waals surface area contributed by atoms with E-state index in [9.17, 15) is 23.1 Å². The smallest absolute Gasteiger partial charge is 0.385 e. The van der Waals surface area contributed by atoms with E-state index in [1.54, 1.807) is 4.90 Å². The van der Waals surface area contributed by atoms with E-state index in [1.165, 1.54) is 12.1 Å². The lowest BCUT2D eigenvalue weighted by Crippen LogP contribution is -2.49. The Morgan fingerprint density at radius 3 is 2.69 bits per heavy atom. The van der Waals surface area contributed by atoms with E-state index in [2.05, 4.69) is 5.32 Å². The van der Waals surface area contributed by atoms with E-state index in [-0.39, 0.29) is 30.4 Å². The van der Waals surface area contributed by atoms with Crippen molar-refractivity contribution in [2.24, 2.45) is 0 Å². The second kappa shape index (κ2) is 7.54. The highest BCUT2D eigenvalue weighted by Gasteiger charge is 2.38. The predicted octanol–water partition coefficient (Wildman–Crippen LogP) is 1.89. The first-order valence-corrected chi connectivity index (χ1v) is 8.77. The number of hydrogen-bond acceptors (Lipinski definition) is 4. The van der Waals surface area contributed by atoms with Crippen LogP contribution in [0.25, 0.3) is 0 Å². The molecule has 0 radical (unpaired) electrons. The molecule has 2 fully saturated rings. The van der Waals surface area contributed by atoms with Crippen LogP contribution in [0.5, 0.6) is 0 Å². The van der Waals surface area contributed by atoms with E-state index < -0.39 is 17.3 Å². The highest BCUT2D eigenvalue weighted by molar-refractivity contribution is 5.77.